The van der Waals surface area contributed by atoms with E-state index in [9.17, 15) is 9.59 Å². The van der Waals surface area contributed by atoms with Gasteiger partial charge < -0.3 is 15.0 Å². The summed E-state index contributed by atoms with van der Waals surface area (Å²) in [5.41, 5.74) is 2.11. The molecule has 1 heterocycles. The van der Waals surface area contributed by atoms with E-state index in [0.29, 0.717) is 26.1 Å². The first-order valence-corrected chi connectivity index (χ1v) is 10.5. The zero-order chi connectivity index (χ0) is 21.2. The molecule has 0 saturated carbocycles. The molecule has 1 fully saturated rings. The summed E-state index contributed by atoms with van der Waals surface area (Å²) in [6, 6.07) is 17.2. The summed E-state index contributed by atoms with van der Waals surface area (Å²) in [6.45, 7) is 7.16. The van der Waals surface area contributed by atoms with Gasteiger partial charge in [0.15, 0.2) is 0 Å². The third-order valence-electron chi connectivity index (χ3n) is 5.08. The average Bonchev–Trinajstić information content (AvgIpc) is 2.78. The molecule has 0 unspecified atom stereocenters. The summed E-state index contributed by atoms with van der Waals surface area (Å²) in [5.74, 6) is 0.652. The van der Waals surface area contributed by atoms with E-state index in [4.69, 9.17) is 4.74 Å². The Kier molecular flexibility index (Phi) is 8.09. The lowest BCUT2D eigenvalue weighted by atomic mass is 10.2. The van der Waals surface area contributed by atoms with Crippen molar-refractivity contribution < 1.29 is 14.3 Å². The summed E-state index contributed by atoms with van der Waals surface area (Å²) in [7, 11) is 0. The number of imide groups is 1. The molecule has 160 valence electrons. The molecule has 2 aromatic carbocycles. The fourth-order valence-electron chi connectivity index (χ4n) is 3.48. The van der Waals surface area contributed by atoms with E-state index < -0.39 is 6.03 Å². The maximum Gasteiger partial charge on any atom is 0.321 e. The smallest absolute Gasteiger partial charge is 0.321 e. The standard InChI is InChI=1S/C23H30N4O3/c1-2-30-21-11-7-6-10-20(21)27-16-14-26(15-17-27)13-12-22(28)25-23(29)24-18-19-8-4-3-5-9-19/h3-11H,2,12-18H2,1H3,(H2,24,25,28,29). The van der Waals surface area contributed by atoms with Crippen molar-refractivity contribution in [2.45, 2.75) is 19.9 Å². The highest BCUT2D eigenvalue weighted by Crippen LogP contribution is 2.28. The Bertz CT molecular complexity index is 820. The van der Waals surface area contributed by atoms with Gasteiger partial charge in [-0.25, -0.2) is 4.79 Å². The Morgan fingerprint density at radius 3 is 2.40 bits per heavy atom. The highest BCUT2D eigenvalue weighted by atomic mass is 16.5. The van der Waals surface area contributed by atoms with Gasteiger partial charge in [-0.1, -0.05) is 42.5 Å². The van der Waals surface area contributed by atoms with Gasteiger partial charge in [-0.3, -0.25) is 15.0 Å². The first kappa shape index (κ1) is 21.6. The number of piperazine rings is 1. The molecule has 0 atom stereocenters. The number of anilines is 1. The highest BCUT2D eigenvalue weighted by Gasteiger charge is 2.20. The summed E-state index contributed by atoms with van der Waals surface area (Å²) >= 11 is 0. The average molecular weight is 411 g/mol. The van der Waals surface area contributed by atoms with E-state index >= 15 is 0 Å². The maximum atomic E-state index is 12.1. The molecule has 30 heavy (non-hydrogen) atoms. The van der Waals surface area contributed by atoms with Crippen LogP contribution < -0.4 is 20.3 Å². The van der Waals surface area contributed by atoms with Crippen LogP contribution in [0.15, 0.2) is 54.6 Å². The third-order valence-corrected chi connectivity index (χ3v) is 5.08. The first-order valence-electron chi connectivity index (χ1n) is 10.5. The minimum absolute atomic E-state index is 0.260. The van der Waals surface area contributed by atoms with E-state index in [1.54, 1.807) is 0 Å². The largest absolute Gasteiger partial charge is 0.492 e. The van der Waals surface area contributed by atoms with Crippen LogP contribution in [0, 0.1) is 0 Å². The topological polar surface area (TPSA) is 73.9 Å². The predicted octanol–water partition coefficient (Wildman–Crippen LogP) is 2.62. The predicted molar refractivity (Wildman–Crippen MR) is 118 cm³/mol. The molecule has 2 N–H and O–H groups in total. The van der Waals surface area contributed by atoms with Crippen LogP contribution in [0.4, 0.5) is 10.5 Å². The maximum absolute atomic E-state index is 12.1. The van der Waals surface area contributed by atoms with Gasteiger partial charge in [0.25, 0.3) is 0 Å². The molecule has 0 aliphatic carbocycles. The van der Waals surface area contributed by atoms with E-state index in [1.165, 1.54) is 0 Å². The molecule has 0 aromatic heterocycles. The molecule has 0 bridgehead atoms. The van der Waals surface area contributed by atoms with Crippen molar-refractivity contribution in [3.05, 3.63) is 60.2 Å². The van der Waals surface area contributed by atoms with E-state index in [1.807, 2.05) is 55.5 Å². The van der Waals surface area contributed by atoms with Gasteiger partial charge in [0.1, 0.15) is 5.75 Å². The van der Waals surface area contributed by atoms with Crippen molar-refractivity contribution in [2.24, 2.45) is 0 Å². The van der Waals surface area contributed by atoms with Crippen LogP contribution >= 0.6 is 0 Å². The molecule has 7 nitrogen and oxygen atoms in total. The molecule has 3 amide bonds. The molecular formula is C23H30N4O3. The Morgan fingerprint density at radius 1 is 0.967 bits per heavy atom. The Labute approximate surface area is 178 Å². The fourth-order valence-corrected chi connectivity index (χ4v) is 3.48. The van der Waals surface area contributed by atoms with Crippen molar-refractivity contribution in [1.29, 1.82) is 0 Å². The van der Waals surface area contributed by atoms with Crippen molar-refractivity contribution in [1.82, 2.24) is 15.5 Å². The number of para-hydroxylation sites is 2. The monoisotopic (exact) mass is 410 g/mol. The molecule has 1 aliphatic heterocycles. The number of benzene rings is 2. The van der Waals surface area contributed by atoms with Gasteiger partial charge >= 0.3 is 6.03 Å². The van der Waals surface area contributed by atoms with Crippen LogP contribution in [0.1, 0.15) is 18.9 Å². The van der Waals surface area contributed by atoms with Crippen LogP contribution in [-0.2, 0) is 11.3 Å². The summed E-state index contributed by atoms with van der Waals surface area (Å²) in [5, 5.41) is 5.11. The molecular weight excluding hydrogens is 380 g/mol. The van der Waals surface area contributed by atoms with Gasteiger partial charge in [-0.05, 0) is 24.6 Å². The van der Waals surface area contributed by atoms with Crippen molar-refractivity contribution in [3.63, 3.8) is 0 Å². The number of rotatable bonds is 8. The highest BCUT2D eigenvalue weighted by molar-refractivity contribution is 5.94. The number of carbonyl (C=O) groups excluding carboxylic acids is 2. The Morgan fingerprint density at radius 2 is 1.67 bits per heavy atom. The molecule has 3 rings (SSSR count). The van der Waals surface area contributed by atoms with E-state index in [0.717, 1.165) is 43.2 Å². The summed E-state index contributed by atoms with van der Waals surface area (Å²) < 4.78 is 5.73. The van der Waals surface area contributed by atoms with Crippen LogP contribution in [0.2, 0.25) is 0 Å². The molecule has 2 aromatic rings. The van der Waals surface area contributed by atoms with Gasteiger partial charge in [-0.15, -0.1) is 0 Å². The second-order valence-corrected chi connectivity index (χ2v) is 7.20. The number of hydrogen-bond donors (Lipinski definition) is 2. The lowest BCUT2D eigenvalue weighted by molar-refractivity contribution is -0.120. The van der Waals surface area contributed by atoms with Gasteiger partial charge in [-0.2, -0.15) is 0 Å². The fraction of sp³-hybridized carbons (Fsp3) is 0.391. The molecule has 7 heteroatoms. The molecule has 0 spiro atoms. The molecule has 1 saturated heterocycles. The number of nitrogens with zero attached hydrogens (tertiary/aromatic N) is 2. The quantitative estimate of drug-likeness (QED) is 0.700. The number of amides is 3. The van der Waals surface area contributed by atoms with E-state index in [2.05, 4.69) is 26.5 Å². The minimum atomic E-state index is -0.457. The number of carbonyl (C=O) groups is 2. The number of nitrogens with one attached hydrogen (secondary N) is 2. The van der Waals surface area contributed by atoms with Gasteiger partial charge in [0, 0.05) is 45.7 Å². The van der Waals surface area contributed by atoms with E-state index in [-0.39, 0.29) is 5.91 Å². The number of hydrogen-bond acceptors (Lipinski definition) is 5. The Hall–Kier alpha value is -3.06. The van der Waals surface area contributed by atoms with Crippen molar-refractivity contribution >= 4 is 17.6 Å². The normalized spacial score (nSPS) is 14.2. The summed E-state index contributed by atoms with van der Waals surface area (Å²) in [4.78, 5) is 28.5. The van der Waals surface area contributed by atoms with Crippen LogP contribution in [-0.4, -0.2) is 56.2 Å². The zero-order valence-corrected chi connectivity index (χ0v) is 17.5. The molecule has 0 radical (unpaired) electrons. The van der Waals surface area contributed by atoms with Crippen molar-refractivity contribution in [2.75, 3.05) is 44.2 Å². The van der Waals surface area contributed by atoms with Crippen LogP contribution in [0.5, 0.6) is 5.75 Å². The Balaban J connectivity index is 1.36. The lowest BCUT2D eigenvalue weighted by Crippen LogP contribution is -2.48. The molecule has 1 aliphatic rings. The lowest BCUT2D eigenvalue weighted by Gasteiger charge is -2.36. The number of urea groups is 1. The SMILES string of the molecule is CCOc1ccccc1N1CCN(CCC(=O)NC(=O)NCc2ccccc2)CC1. The number of ether oxygens (including phenoxy) is 1. The summed E-state index contributed by atoms with van der Waals surface area (Å²) in [6.07, 6.45) is 0.300. The zero-order valence-electron chi connectivity index (χ0n) is 17.5. The first-order chi connectivity index (χ1) is 14.7. The second kappa shape index (κ2) is 11.2. The van der Waals surface area contributed by atoms with Crippen LogP contribution in [0.3, 0.4) is 0 Å². The van der Waals surface area contributed by atoms with Crippen LogP contribution in [0.25, 0.3) is 0 Å². The van der Waals surface area contributed by atoms with Gasteiger partial charge in [0.2, 0.25) is 5.91 Å². The van der Waals surface area contributed by atoms with Crippen molar-refractivity contribution in [3.8, 4) is 5.75 Å². The third kappa shape index (κ3) is 6.49. The van der Waals surface area contributed by atoms with Gasteiger partial charge in [0.05, 0.1) is 12.3 Å². The minimum Gasteiger partial charge on any atom is -0.492 e. The second-order valence-electron chi connectivity index (χ2n) is 7.20.